The largest absolute Gasteiger partial charge is 0.494 e. The lowest BCUT2D eigenvalue weighted by molar-refractivity contribution is -0.142. The minimum absolute atomic E-state index is 0.0108. The fraction of sp³-hybridized carbons (Fsp3) is 0.625. The number of hydrogen-bond donors (Lipinski definition) is 3. The summed E-state index contributed by atoms with van der Waals surface area (Å²) in [6.07, 6.45) is 7.90. The smallest absolute Gasteiger partial charge is 0.408 e. The standard InChI is InChI=1S/C40H55N5O9S/c1-7-25-19-24(3)11-9-10-12-27-22-40(27,37(48)44-55(50,51)30-14-15-30)43-34(46)32-21-29(23-45(32)36(47)33(25)42-38(49)54-39(4,5)6)53-35-31-16-13-28(52-8-2)20-26(31)17-18-41-35/h10,12-13,16-18,20,24-25,27,29-30,32-33H,7-9,11,14-15,19,21-23H2,1-6H3,(H,42,49)(H,43,46)(H,44,48)/b12-10-/t24-,25-,27?,29-,32+,33+,40-/m1/s1. The molecule has 2 aromatic rings. The number of aromatic nitrogens is 1. The third-order valence-electron chi connectivity index (χ3n) is 10.9. The summed E-state index contributed by atoms with van der Waals surface area (Å²) in [5.74, 6) is -1.42. The first-order valence-corrected chi connectivity index (χ1v) is 21.1. The Morgan fingerprint density at radius 2 is 1.85 bits per heavy atom. The van der Waals surface area contributed by atoms with E-state index in [1.165, 1.54) is 4.90 Å². The number of carbonyl (C=O) groups is 4. The van der Waals surface area contributed by atoms with Crippen LogP contribution in [-0.2, 0) is 29.1 Å². The van der Waals surface area contributed by atoms with Crippen LogP contribution >= 0.6 is 0 Å². The van der Waals surface area contributed by atoms with E-state index in [0.717, 1.165) is 17.2 Å². The Labute approximate surface area is 323 Å². The van der Waals surface area contributed by atoms with E-state index in [4.69, 9.17) is 14.2 Å². The SMILES string of the molecule is CCOc1ccc2c(O[C@@H]3C[C@H]4C(=O)N[C@]5(C(=O)NS(=O)(=O)C6CC6)CC5/C=C\CC[C@@H](C)C[C@@H](CC)[C@H](NC(=O)OC(C)(C)C)C(=O)N4C3)nccc2c1. The molecule has 4 aliphatic rings. The van der Waals surface area contributed by atoms with Crippen molar-refractivity contribution in [3.8, 4) is 11.6 Å². The Kier molecular flexibility index (Phi) is 11.7. The second-order valence-electron chi connectivity index (χ2n) is 16.5. The van der Waals surface area contributed by atoms with Crippen LogP contribution < -0.4 is 24.8 Å². The first-order chi connectivity index (χ1) is 26.0. The zero-order valence-electron chi connectivity index (χ0n) is 32.6. The molecule has 7 atom stereocenters. The van der Waals surface area contributed by atoms with Gasteiger partial charge in [0.1, 0.15) is 35.1 Å². The van der Waals surface area contributed by atoms with Crippen molar-refractivity contribution < 1.29 is 41.8 Å². The van der Waals surface area contributed by atoms with Crippen LogP contribution in [0.2, 0.25) is 0 Å². The molecule has 1 aromatic heterocycles. The molecule has 1 saturated heterocycles. The van der Waals surface area contributed by atoms with E-state index in [2.05, 4.69) is 27.3 Å². The van der Waals surface area contributed by atoms with Gasteiger partial charge in [-0.05, 0) is 108 Å². The molecule has 14 nitrogen and oxygen atoms in total. The summed E-state index contributed by atoms with van der Waals surface area (Å²) in [7, 11) is -3.90. The fourth-order valence-electron chi connectivity index (χ4n) is 7.79. The number of pyridine rings is 1. The molecule has 0 bridgehead atoms. The van der Waals surface area contributed by atoms with E-state index < -0.39 is 74.3 Å². The average molecular weight is 782 g/mol. The van der Waals surface area contributed by atoms with E-state index in [1.807, 2.05) is 50.3 Å². The van der Waals surface area contributed by atoms with Crippen molar-refractivity contribution in [2.45, 2.75) is 127 Å². The monoisotopic (exact) mass is 781 g/mol. The first-order valence-electron chi connectivity index (χ1n) is 19.6. The summed E-state index contributed by atoms with van der Waals surface area (Å²) in [6.45, 7) is 11.7. The Hall–Kier alpha value is -4.40. The lowest BCUT2D eigenvalue weighted by atomic mass is 9.85. The van der Waals surface area contributed by atoms with E-state index >= 15 is 0 Å². The van der Waals surface area contributed by atoms with Crippen molar-refractivity contribution in [3.05, 3.63) is 42.6 Å². The molecule has 15 heteroatoms. The number of nitrogens with one attached hydrogen (secondary N) is 3. The Bertz CT molecular complexity index is 1930. The molecule has 1 unspecified atom stereocenters. The minimum atomic E-state index is -3.90. The van der Waals surface area contributed by atoms with Crippen LogP contribution in [0.5, 0.6) is 11.6 Å². The Morgan fingerprint density at radius 1 is 1.09 bits per heavy atom. The highest BCUT2D eigenvalue weighted by molar-refractivity contribution is 7.91. The van der Waals surface area contributed by atoms with Crippen molar-refractivity contribution in [1.29, 1.82) is 0 Å². The van der Waals surface area contributed by atoms with Crippen LogP contribution in [0.25, 0.3) is 10.8 Å². The first kappa shape index (κ1) is 40.3. The molecule has 0 spiro atoms. The molecule has 300 valence electrons. The molecule has 3 heterocycles. The molecule has 2 aliphatic carbocycles. The highest BCUT2D eigenvalue weighted by atomic mass is 32.2. The topological polar surface area (TPSA) is 182 Å². The van der Waals surface area contributed by atoms with Crippen LogP contribution in [0.4, 0.5) is 4.79 Å². The van der Waals surface area contributed by atoms with E-state index in [0.29, 0.717) is 50.3 Å². The van der Waals surface area contributed by atoms with Crippen LogP contribution in [-0.4, -0.2) is 89.8 Å². The number of benzene rings is 1. The van der Waals surface area contributed by atoms with Gasteiger partial charge in [-0.15, -0.1) is 0 Å². The van der Waals surface area contributed by atoms with Crippen molar-refractivity contribution in [2.75, 3.05) is 13.2 Å². The number of amides is 4. The van der Waals surface area contributed by atoms with Crippen molar-refractivity contribution in [2.24, 2.45) is 17.8 Å². The van der Waals surface area contributed by atoms with E-state index in [-0.39, 0.29) is 31.2 Å². The molecule has 2 aliphatic heterocycles. The highest BCUT2D eigenvalue weighted by Crippen LogP contribution is 2.46. The Morgan fingerprint density at radius 3 is 2.55 bits per heavy atom. The third-order valence-corrected chi connectivity index (χ3v) is 12.8. The maximum atomic E-state index is 14.9. The van der Waals surface area contributed by atoms with Gasteiger partial charge in [0.25, 0.3) is 5.91 Å². The summed E-state index contributed by atoms with van der Waals surface area (Å²) in [4.78, 5) is 62.4. The van der Waals surface area contributed by atoms with Crippen molar-refractivity contribution in [1.82, 2.24) is 25.2 Å². The van der Waals surface area contributed by atoms with Crippen LogP contribution in [0.15, 0.2) is 42.6 Å². The summed E-state index contributed by atoms with van der Waals surface area (Å²) >= 11 is 0. The van der Waals surface area contributed by atoms with Gasteiger partial charge in [0.15, 0.2) is 0 Å². The van der Waals surface area contributed by atoms with Gasteiger partial charge >= 0.3 is 6.09 Å². The molecule has 1 aromatic carbocycles. The van der Waals surface area contributed by atoms with Gasteiger partial charge in [-0.2, -0.15) is 0 Å². The molecular weight excluding hydrogens is 727 g/mol. The molecular formula is C40H55N5O9S. The number of carbonyl (C=O) groups excluding carboxylic acids is 4. The summed E-state index contributed by atoms with van der Waals surface area (Å²) in [6, 6.07) is 5.25. The van der Waals surface area contributed by atoms with Gasteiger partial charge in [0, 0.05) is 23.9 Å². The minimum Gasteiger partial charge on any atom is -0.494 e. The molecule has 2 saturated carbocycles. The number of ether oxygens (including phenoxy) is 3. The van der Waals surface area contributed by atoms with Gasteiger partial charge in [-0.25, -0.2) is 18.2 Å². The second kappa shape index (κ2) is 16.0. The number of hydrogen-bond acceptors (Lipinski definition) is 10. The highest BCUT2D eigenvalue weighted by Gasteiger charge is 2.62. The molecule has 0 radical (unpaired) electrons. The predicted molar refractivity (Wildman–Crippen MR) is 206 cm³/mol. The average Bonchev–Trinajstić information content (AvgIpc) is 4.04. The van der Waals surface area contributed by atoms with E-state index in [9.17, 15) is 27.6 Å². The van der Waals surface area contributed by atoms with Gasteiger partial charge in [0.05, 0.1) is 18.4 Å². The van der Waals surface area contributed by atoms with Gasteiger partial charge in [0.2, 0.25) is 27.7 Å². The molecule has 3 fully saturated rings. The number of sulfonamides is 1. The van der Waals surface area contributed by atoms with Crippen LogP contribution in [0.3, 0.4) is 0 Å². The third kappa shape index (κ3) is 9.36. The predicted octanol–water partition coefficient (Wildman–Crippen LogP) is 4.76. The molecule has 6 rings (SSSR count). The van der Waals surface area contributed by atoms with Crippen molar-refractivity contribution in [3.63, 3.8) is 0 Å². The lowest BCUT2D eigenvalue weighted by Gasteiger charge is -2.34. The van der Waals surface area contributed by atoms with E-state index in [1.54, 1.807) is 27.0 Å². The zero-order chi connectivity index (χ0) is 39.7. The summed E-state index contributed by atoms with van der Waals surface area (Å²) in [5, 5.41) is 6.69. The number of allylic oxidation sites excluding steroid dienone is 1. The fourth-order valence-corrected chi connectivity index (χ4v) is 9.15. The van der Waals surface area contributed by atoms with Crippen LogP contribution in [0, 0.1) is 17.8 Å². The molecule has 4 amide bonds. The van der Waals surface area contributed by atoms with Crippen LogP contribution in [0.1, 0.15) is 92.9 Å². The normalized spacial score (nSPS) is 29.5. The van der Waals surface area contributed by atoms with Gasteiger partial charge in [-0.3, -0.25) is 19.1 Å². The number of fused-ring (bicyclic) bond motifs is 3. The summed E-state index contributed by atoms with van der Waals surface area (Å²) in [5.41, 5.74) is -2.33. The quantitative estimate of drug-likeness (QED) is 0.300. The Balaban J connectivity index is 1.35. The number of alkyl carbamates (subject to hydrolysis) is 1. The maximum Gasteiger partial charge on any atom is 0.408 e. The summed E-state index contributed by atoms with van der Waals surface area (Å²) < 4.78 is 45.8. The van der Waals surface area contributed by atoms with Crippen molar-refractivity contribution >= 4 is 44.6 Å². The zero-order valence-corrected chi connectivity index (χ0v) is 33.4. The second-order valence-corrected chi connectivity index (χ2v) is 18.5. The van der Waals surface area contributed by atoms with Gasteiger partial charge < -0.3 is 29.7 Å². The molecule has 55 heavy (non-hydrogen) atoms. The number of nitrogens with zero attached hydrogens (tertiary/aromatic N) is 2. The number of rotatable bonds is 9. The lowest BCUT2D eigenvalue weighted by Crippen LogP contribution is -2.59. The van der Waals surface area contributed by atoms with Gasteiger partial charge in [-0.1, -0.05) is 32.4 Å². The maximum absolute atomic E-state index is 14.9. The molecule has 3 N–H and O–H groups in total.